The summed E-state index contributed by atoms with van der Waals surface area (Å²) < 4.78 is 5.81. The molecule has 0 aliphatic carbocycles. The SMILES string of the molecule is CCc1nc(COc2ccc(C)c(C)c2)sc1CS. The fraction of sp³-hybridized carbons (Fsp3) is 0.400. The minimum Gasteiger partial charge on any atom is -0.486 e. The van der Waals surface area contributed by atoms with Gasteiger partial charge in [-0.15, -0.1) is 11.3 Å². The summed E-state index contributed by atoms with van der Waals surface area (Å²) in [6.45, 7) is 6.86. The maximum atomic E-state index is 5.81. The van der Waals surface area contributed by atoms with Crippen LogP contribution in [-0.2, 0) is 18.8 Å². The van der Waals surface area contributed by atoms with Crippen LogP contribution >= 0.6 is 24.0 Å². The van der Waals surface area contributed by atoms with Crippen LogP contribution < -0.4 is 4.74 Å². The fourth-order valence-electron chi connectivity index (χ4n) is 1.85. The smallest absolute Gasteiger partial charge is 0.140 e. The molecule has 0 amide bonds. The molecule has 0 radical (unpaired) electrons. The van der Waals surface area contributed by atoms with Crippen LogP contribution in [0.3, 0.4) is 0 Å². The standard InChI is InChI=1S/C15H19NOS2/c1-4-13-14(9-18)19-15(16-13)8-17-12-6-5-10(2)11(3)7-12/h5-7,18H,4,8-9H2,1-3H3. The van der Waals surface area contributed by atoms with Crippen LogP contribution in [0.1, 0.15) is 33.6 Å². The average molecular weight is 293 g/mol. The molecule has 0 saturated carbocycles. The largest absolute Gasteiger partial charge is 0.486 e. The van der Waals surface area contributed by atoms with Crippen molar-refractivity contribution in [3.63, 3.8) is 0 Å². The maximum absolute atomic E-state index is 5.81. The molecular weight excluding hydrogens is 274 g/mol. The highest BCUT2D eigenvalue weighted by atomic mass is 32.1. The van der Waals surface area contributed by atoms with E-state index in [1.165, 1.54) is 16.0 Å². The van der Waals surface area contributed by atoms with Crippen molar-refractivity contribution in [2.24, 2.45) is 0 Å². The molecule has 0 spiro atoms. The Morgan fingerprint density at radius 2 is 2.05 bits per heavy atom. The van der Waals surface area contributed by atoms with Crippen molar-refractivity contribution < 1.29 is 4.74 Å². The first-order valence-electron chi connectivity index (χ1n) is 6.42. The Hall–Kier alpha value is -1.00. The Labute approximate surface area is 124 Å². The van der Waals surface area contributed by atoms with Crippen LogP contribution in [0.4, 0.5) is 0 Å². The number of benzene rings is 1. The number of nitrogens with zero attached hydrogens (tertiary/aromatic N) is 1. The second kappa shape index (κ2) is 6.44. The van der Waals surface area contributed by atoms with E-state index in [2.05, 4.69) is 50.5 Å². The topological polar surface area (TPSA) is 22.1 Å². The van der Waals surface area contributed by atoms with E-state index in [1.54, 1.807) is 11.3 Å². The minimum atomic E-state index is 0.536. The van der Waals surface area contributed by atoms with E-state index < -0.39 is 0 Å². The molecule has 4 heteroatoms. The van der Waals surface area contributed by atoms with Crippen molar-refractivity contribution in [3.05, 3.63) is 44.9 Å². The van der Waals surface area contributed by atoms with Gasteiger partial charge in [0.05, 0.1) is 5.69 Å². The third kappa shape index (κ3) is 3.51. The fourth-order valence-corrected chi connectivity index (χ4v) is 3.15. The first-order chi connectivity index (χ1) is 9.13. The molecule has 2 rings (SSSR count). The molecule has 0 unspecified atom stereocenters. The second-order valence-electron chi connectivity index (χ2n) is 4.52. The zero-order valence-electron chi connectivity index (χ0n) is 11.6. The summed E-state index contributed by atoms with van der Waals surface area (Å²) in [7, 11) is 0. The first kappa shape index (κ1) is 14.4. The van der Waals surface area contributed by atoms with Crippen molar-refractivity contribution in [2.75, 3.05) is 0 Å². The lowest BCUT2D eigenvalue weighted by molar-refractivity contribution is 0.305. The number of aromatic nitrogens is 1. The number of ether oxygens (including phenoxy) is 1. The Bertz CT molecular complexity index is 542. The molecule has 102 valence electrons. The lowest BCUT2D eigenvalue weighted by atomic mass is 10.1. The molecule has 0 bridgehead atoms. The number of hydrogen-bond acceptors (Lipinski definition) is 4. The Kier molecular flexibility index (Phi) is 4.88. The first-order valence-corrected chi connectivity index (χ1v) is 7.87. The lowest BCUT2D eigenvalue weighted by Gasteiger charge is -2.06. The van der Waals surface area contributed by atoms with Crippen LogP contribution in [0, 0.1) is 13.8 Å². The van der Waals surface area contributed by atoms with E-state index in [-0.39, 0.29) is 0 Å². The van der Waals surface area contributed by atoms with Gasteiger partial charge in [-0.05, 0) is 43.5 Å². The monoisotopic (exact) mass is 293 g/mol. The number of rotatable bonds is 5. The van der Waals surface area contributed by atoms with Gasteiger partial charge in [0.2, 0.25) is 0 Å². The third-order valence-corrected chi connectivity index (χ3v) is 4.74. The predicted octanol–water partition coefficient (Wildman–Crippen LogP) is 4.33. The maximum Gasteiger partial charge on any atom is 0.140 e. The van der Waals surface area contributed by atoms with Crippen LogP contribution in [-0.4, -0.2) is 4.98 Å². The molecule has 0 N–H and O–H groups in total. The molecule has 1 aromatic heterocycles. The summed E-state index contributed by atoms with van der Waals surface area (Å²) in [4.78, 5) is 5.85. The molecule has 0 aliphatic heterocycles. The molecule has 1 heterocycles. The zero-order chi connectivity index (χ0) is 13.8. The summed E-state index contributed by atoms with van der Waals surface area (Å²) in [6.07, 6.45) is 0.954. The van der Waals surface area contributed by atoms with E-state index in [4.69, 9.17) is 4.74 Å². The summed E-state index contributed by atoms with van der Waals surface area (Å²) in [5.41, 5.74) is 3.69. The molecule has 0 saturated heterocycles. The van der Waals surface area contributed by atoms with Gasteiger partial charge in [0.15, 0.2) is 0 Å². The molecule has 2 nitrogen and oxygen atoms in total. The van der Waals surface area contributed by atoms with Crippen LogP contribution in [0.15, 0.2) is 18.2 Å². The highest BCUT2D eigenvalue weighted by molar-refractivity contribution is 7.79. The Morgan fingerprint density at radius 3 is 2.63 bits per heavy atom. The number of thiazole rings is 1. The van der Waals surface area contributed by atoms with Crippen molar-refractivity contribution in [1.82, 2.24) is 4.98 Å². The van der Waals surface area contributed by atoms with Gasteiger partial charge in [-0.25, -0.2) is 4.98 Å². The van der Waals surface area contributed by atoms with Gasteiger partial charge in [-0.1, -0.05) is 13.0 Å². The highest BCUT2D eigenvalue weighted by Crippen LogP contribution is 2.23. The molecule has 0 fully saturated rings. The summed E-state index contributed by atoms with van der Waals surface area (Å²) >= 11 is 6.04. The Balaban J connectivity index is 2.05. The quantitative estimate of drug-likeness (QED) is 0.829. The molecular formula is C15H19NOS2. The molecule has 1 aromatic carbocycles. The number of thiol groups is 1. The van der Waals surface area contributed by atoms with E-state index in [0.29, 0.717) is 6.61 Å². The van der Waals surface area contributed by atoms with Crippen LogP contribution in [0.2, 0.25) is 0 Å². The minimum absolute atomic E-state index is 0.536. The average Bonchev–Trinajstić information content (AvgIpc) is 2.82. The molecule has 19 heavy (non-hydrogen) atoms. The normalized spacial score (nSPS) is 10.7. The van der Waals surface area contributed by atoms with Crippen molar-refractivity contribution in [1.29, 1.82) is 0 Å². The molecule has 0 atom stereocenters. The number of aryl methyl sites for hydroxylation is 3. The van der Waals surface area contributed by atoms with Gasteiger partial charge < -0.3 is 4.74 Å². The second-order valence-corrected chi connectivity index (χ2v) is 6.01. The van der Waals surface area contributed by atoms with Gasteiger partial charge in [-0.3, -0.25) is 0 Å². The zero-order valence-corrected chi connectivity index (χ0v) is 13.3. The highest BCUT2D eigenvalue weighted by Gasteiger charge is 2.09. The van der Waals surface area contributed by atoms with E-state index in [9.17, 15) is 0 Å². The Morgan fingerprint density at radius 1 is 1.26 bits per heavy atom. The van der Waals surface area contributed by atoms with E-state index in [1.807, 2.05) is 6.07 Å². The van der Waals surface area contributed by atoms with E-state index >= 15 is 0 Å². The van der Waals surface area contributed by atoms with Gasteiger partial charge in [0.25, 0.3) is 0 Å². The molecule has 2 aromatic rings. The van der Waals surface area contributed by atoms with Gasteiger partial charge in [-0.2, -0.15) is 12.6 Å². The lowest BCUT2D eigenvalue weighted by Crippen LogP contribution is -1.96. The molecule has 0 aliphatic rings. The predicted molar refractivity (Wildman–Crippen MR) is 84.4 cm³/mol. The van der Waals surface area contributed by atoms with E-state index in [0.717, 1.165) is 28.6 Å². The van der Waals surface area contributed by atoms with Crippen molar-refractivity contribution in [2.45, 2.75) is 39.6 Å². The van der Waals surface area contributed by atoms with Gasteiger partial charge >= 0.3 is 0 Å². The number of hydrogen-bond donors (Lipinski definition) is 1. The third-order valence-electron chi connectivity index (χ3n) is 3.14. The van der Waals surface area contributed by atoms with Crippen molar-refractivity contribution >= 4 is 24.0 Å². The van der Waals surface area contributed by atoms with Gasteiger partial charge in [0.1, 0.15) is 17.4 Å². The summed E-state index contributed by atoms with van der Waals surface area (Å²) in [5, 5.41) is 1.03. The summed E-state index contributed by atoms with van der Waals surface area (Å²) in [5.74, 6) is 1.66. The van der Waals surface area contributed by atoms with Crippen molar-refractivity contribution in [3.8, 4) is 5.75 Å². The van der Waals surface area contributed by atoms with Crippen LogP contribution in [0.25, 0.3) is 0 Å². The van der Waals surface area contributed by atoms with Gasteiger partial charge in [0, 0.05) is 10.6 Å². The van der Waals surface area contributed by atoms with Crippen LogP contribution in [0.5, 0.6) is 5.75 Å². The summed E-state index contributed by atoms with van der Waals surface area (Å²) in [6, 6.07) is 6.17.